The molecule has 0 aliphatic rings. The number of rotatable bonds is 10. The molecule has 16 rings (SSSR count). The van der Waals surface area contributed by atoms with Crippen molar-refractivity contribution in [2.24, 2.45) is 45.9 Å². The van der Waals surface area contributed by atoms with E-state index in [0.717, 1.165) is 135 Å². The van der Waals surface area contributed by atoms with Crippen LogP contribution >= 0.6 is 0 Å². The number of aromatic nitrogens is 8. The molecule has 0 unspecified atom stereocenters. The van der Waals surface area contributed by atoms with E-state index in [1.54, 1.807) is 6.07 Å². The third kappa shape index (κ3) is 14.2. The van der Waals surface area contributed by atoms with Gasteiger partial charge in [-0.05, 0) is 287 Å². The van der Waals surface area contributed by atoms with Gasteiger partial charge in [0.25, 0.3) is 12.7 Å². The lowest BCUT2D eigenvalue weighted by molar-refractivity contribution is -0.662. The molecule has 0 radical (unpaired) electrons. The van der Waals surface area contributed by atoms with Crippen LogP contribution in [0.15, 0.2) is 173 Å². The van der Waals surface area contributed by atoms with Crippen LogP contribution in [0.4, 0.5) is 8.78 Å². The predicted octanol–water partition coefficient (Wildman–Crippen LogP) is 22.3. The number of nitrogens with zero attached hydrogens (tertiary/aromatic N) is 8. The van der Waals surface area contributed by atoms with Crippen molar-refractivity contribution < 1.29 is 42.7 Å². The quantitative estimate of drug-likeness (QED) is 0.127. The number of benzene rings is 8. The lowest BCUT2D eigenvalue weighted by Gasteiger charge is -2.14. The molecular weight excluding hydrogens is 1340 g/mol. The van der Waals surface area contributed by atoms with Crippen molar-refractivity contribution in [3.05, 3.63) is 260 Å². The van der Waals surface area contributed by atoms with Gasteiger partial charge in [0.2, 0.25) is 33.8 Å². The van der Waals surface area contributed by atoms with Gasteiger partial charge < -0.3 is 8.83 Å². The van der Waals surface area contributed by atoms with Gasteiger partial charge in [-0.3, -0.25) is 0 Å². The molecule has 10 nitrogen and oxygen atoms in total. The normalized spacial score (nSPS) is 12.6. The van der Waals surface area contributed by atoms with Crippen molar-refractivity contribution >= 4 is 87.7 Å². The summed E-state index contributed by atoms with van der Waals surface area (Å²) in [5.74, 6) is 0.818. The monoisotopic (exact) mass is 1440 g/mol. The molecule has 0 saturated heterocycles. The number of fused-ring (bicyclic) bond motifs is 10. The maximum absolute atomic E-state index is 14.3. The van der Waals surface area contributed by atoms with Crippen molar-refractivity contribution in [2.45, 2.75) is 144 Å². The third-order valence-electron chi connectivity index (χ3n) is 21.5. The molecule has 0 fully saturated rings. The van der Waals surface area contributed by atoms with Crippen LogP contribution in [-0.2, 0) is 47.4 Å². The first-order valence-corrected chi connectivity index (χ1v) is 37.5. The maximum Gasteiger partial charge on any atom is 0.287 e. The number of halogens is 2. The summed E-state index contributed by atoms with van der Waals surface area (Å²) in [4.78, 5) is 18.2. The Morgan fingerprint density at radius 3 is 1.37 bits per heavy atom. The number of para-hydroxylation sites is 1. The third-order valence-corrected chi connectivity index (χ3v) is 21.5. The molecule has 0 amide bonds. The summed E-state index contributed by atoms with van der Waals surface area (Å²) in [6.07, 6.45) is 4.29. The van der Waals surface area contributed by atoms with E-state index in [0.29, 0.717) is 67.6 Å². The smallest absolute Gasteiger partial charge is 0.287 e. The average molecular weight is 1440 g/mol. The zero-order valence-corrected chi connectivity index (χ0v) is 66.4. The molecule has 0 N–H and O–H groups in total. The van der Waals surface area contributed by atoms with Gasteiger partial charge in [-0.2, -0.15) is 9.13 Å². The molecule has 0 bridgehead atoms. The predicted molar refractivity (Wildman–Crippen MR) is 440 cm³/mol. The average Bonchev–Trinajstić information content (AvgIpc) is 1.65. The van der Waals surface area contributed by atoms with Crippen molar-refractivity contribution in [1.82, 2.24) is 19.9 Å². The summed E-state index contributed by atoms with van der Waals surface area (Å²) in [5.41, 5.74) is 28.1. The molecule has 8 aromatic carbocycles. The van der Waals surface area contributed by atoms with E-state index in [9.17, 15) is 8.78 Å². The van der Waals surface area contributed by atoms with Crippen LogP contribution in [0, 0.1) is 112 Å². The SMILES string of the molecule is Cc1cc(-c2c3ccc(CC(C)C)cc3nc[n+]2C)c(C)c(C)c1F.Cc1cc(-c2c3ccccc3nc[n+]2C)c(C)c(C)c1F.Cc1ccc2c(n1)oc1c(-c3ccc4c(CC(C)C)cccc4[n+]3C)c(C)c(C)cc12.[2H]C([2H])([2H])c1cc2c(oc3nc(C)ccc32)c(-c2ccc3c(C([2H])([2H])C(C)C)cccc3[n+]2C)c1C. The first-order valence-electron chi connectivity index (χ1n) is 40.0. The fourth-order valence-corrected chi connectivity index (χ4v) is 15.5. The molecule has 8 aromatic heterocycles. The first-order chi connectivity index (χ1) is 53.5. The molecule has 548 valence electrons. The van der Waals surface area contributed by atoms with Crippen molar-refractivity contribution in [3.63, 3.8) is 0 Å². The summed E-state index contributed by atoms with van der Waals surface area (Å²) in [6.45, 7) is 31.8. The van der Waals surface area contributed by atoms with E-state index in [2.05, 4.69) is 146 Å². The highest BCUT2D eigenvalue weighted by atomic mass is 19.1. The van der Waals surface area contributed by atoms with E-state index < -0.39 is 13.2 Å². The Labute approximate surface area is 641 Å². The fourth-order valence-electron chi connectivity index (χ4n) is 15.5. The van der Waals surface area contributed by atoms with Crippen LogP contribution in [-0.4, -0.2) is 19.9 Å². The van der Waals surface area contributed by atoms with E-state index in [1.807, 2.05) is 196 Å². The lowest BCUT2D eigenvalue weighted by atomic mass is 9.94. The zero-order valence-electron chi connectivity index (χ0n) is 71.4. The molecule has 8 heterocycles. The van der Waals surface area contributed by atoms with Crippen LogP contribution in [0.5, 0.6) is 0 Å². The lowest BCUT2D eigenvalue weighted by Crippen LogP contribution is -2.32. The summed E-state index contributed by atoms with van der Waals surface area (Å²) in [6, 6.07) is 51.1. The highest BCUT2D eigenvalue weighted by Gasteiger charge is 2.29. The van der Waals surface area contributed by atoms with Gasteiger partial charge in [0, 0.05) is 86.0 Å². The van der Waals surface area contributed by atoms with Gasteiger partial charge in [0.15, 0.2) is 22.2 Å². The second-order valence-electron chi connectivity index (χ2n) is 30.7. The number of pyridine rings is 4. The Morgan fingerprint density at radius 2 is 0.861 bits per heavy atom. The minimum absolute atomic E-state index is 0.110. The number of aryl methyl sites for hydroxylation is 10. The molecule has 108 heavy (non-hydrogen) atoms. The summed E-state index contributed by atoms with van der Waals surface area (Å²) in [7, 11) is 8.06. The highest BCUT2D eigenvalue weighted by Crippen LogP contribution is 2.42. The maximum atomic E-state index is 14.3. The Bertz CT molecular complexity index is 6490. The van der Waals surface area contributed by atoms with E-state index >= 15 is 0 Å². The standard InChI is InChI=1S/2C28H29N2O.C22H26FN2.C18H18FN2/c2*1-16(2)14-20-8-7-9-24-21(20)12-13-25(30(24)6)26-19(5)17(3)15-23-22-11-10-18(4)29-28(22)31-27(23)26;1-13(2)9-17-7-8-18-20(11-17)24-12-25(6)22(18)19-10-14(3)21(23)16(5)15(19)4;1-11-9-15(12(2)13(3)17(11)19)18-14-7-5-6-8-16(14)20-10-21(18)4/h2*7-13,15-16H,14H2,1-6H3;7-8,10-13H,9H2,1-6H3;5-10H,1-4H3/q4*+1/i3D3,14D2;;;. The summed E-state index contributed by atoms with van der Waals surface area (Å²) >= 11 is 0. The highest BCUT2D eigenvalue weighted by molar-refractivity contribution is 6.11. The first kappa shape index (κ1) is 68.8. The Kier molecular flexibility index (Phi) is 19.3. The second kappa shape index (κ2) is 30.3. The van der Waals surface area contributed by atoms with E-state index in [1.165, 1.54) is 33.2 Å². The number of hydrogen-bond acceptors (Lipinski definition) is 6. The molecule has 0 spiro atoms. The fraction of sp³-hybridized carbons (Fsp3) is 0.292. The van der Waals surface area contributed by atoms with Gasteiger partial charge in [-0.15, -0.1) is 0 Å². The summed E-state index contributed by atoms with van der Waals surface area (Å²) in [5, 5.41) is 8.03. The topological polar surface area (TPSA) is 93.4 Å². The van der Waals surface area contributed by atoms with Gasteiger partial charge in [0.05, 0.1) is 36.0 Å². The van der Waals surface area contributed by atoms with Gasteiger partial charge in [-0.25, -0.2) is 27.9 Å². The van der Waals surface area contributed by atoms with Crippen molar-refractivity contribution in [1.29, 1.82) is 0 Å². The molecule has 16 aromatic rings. The Morgan fingerprint density at radius 1 is 0.407 bits per heavy atom. The number of hydrogen-bond donors (Lipinski definition) is 0. The minimum atomic E-state index is -2.30. The summed E-state index contributed by atoms with van der Waals surface area (Å²) < 4.78 is 91.3. The zero-order chi connectivity index (χ0) is 81.5. The van der Waals surface area contributed by atoms with Crippen LogP contribution in [0.1, 0.15) is 132 Å². The molecule has 0 aliphatic carbocycles. The Hall–Kier alpha value is -11.0. The minimum Gasteiger partial charge on any atom is -0.437 e. The largest absolute Gasteiger partial charge is 0.437 e. The second-order valence-corrected chi connectivity index (χ2v) is 30.7. The van der Waals surface area contributed by atoms with E-state index in [-0.39, 0.29) is 23.1 Å². The van der Waals surface area contributed by atoms with E-state index in [4.69, 9.17) is 15.7 Å². The van der Waals surface area contributed by atoms with Crippen molar-refractivity contribution in [2.75, 3.05) is 0 Å². The molecule has 0 saturated carbocycles. The van der Waals surface area contributed by atoms with Crippen molar-refractivity contribution in [3.8, 4) is 45.0 Å². The van der Waals surface area contributed by atoms with Crippen LogP contribution in [0.25, 0.3) is 133 Å². The van der Waals surface area contributed by atoms with Gasteiger partial charge in [-0.1, -0.05) is 84.0 Å². The van der Waals surface area contributed by atoms with Crippen LogP contribution in [0.2, 0.25) is 0 Å². The molecule has 0 aliphatic heterocycles. The molecule has 12 heteroatoms. The van der Waals surface area contributed by atoms with Crippen LogP contribution in [0.3, 0.4) is 0 Å². The molecule has 0 atom stereocenters. The van der Waals surface area contributed by atoms with Gasteiger partial charge in [0.1, 0.15) is 37.1 Å². The van der Waals surface area contributed by atoms with Gasteiger partial charge >= 0.3 is 0 Å². The molecular formula is C96H102F2N8O2+4. The Balaban J connectivity index is 0.000000134. The number of furan rings is 2. The van der Waals surface area contributed by atoms with Crippen LogP contribution < -0.4 is 18.3 Å².